The summed E-state index contributed by atoms with van der Waals surface area (Å²) in [5.41, 5.74) is -0.123. The van der Waals surface area contributed by atoms with Gasteiger partial charge >= 0.3 is 17.6 Å². The summed E-state index contributed by atoms with van der Waals surface area (Å²) in [5, 5.41) is 0. The first kappa shape index (κ1) is 30.3. The van der Waals surface area contributed by atoms with Gasteiger partial charge in [0.15, 0.2) is 9.04 Å². The number of rotatable bonds is 18. The smallest absolute Gasteiger partial charge is 0.419 e. The van der Waals surface area contributed by atoms with Gasteiger partial charge in [0.05, 0.1) is 26.4 Å². The summed E-state index contributed by atoms with van der Waals surface area (Å²) in [6, 6.07) is 0.816. The maximum absolute atomic E-state index is 5.93. The maximum Gasteiger partial charge on any atom is 0.530 e. The van der Waals surface area contributed by atoms with Crippen LogP contribution in [0, 0.1) is 0 Å². The Morgan fingerprint density at radius 3 is 1.81 bits per heavy atom. The van der Waals surface area contributed by atoms with Crippen LogP contribution in [0.2, 0.25) is 19.1 Å². The van der Waals surface area contributed by atoms with Gasteiger partial charge in [0.2, 0.25) is 0 Å². The highest BCUT2D eigenvalue weighted by molar-refractivity contribution is 6.70. The molecule has 10 nitrogen and oxygen atoms in total. The van der Waals surface area contributed by atoms with Crippen molar-refractivity contribution in [2.24, 2.45) is 0 Å². The lowest BCUT2D eigenvalue weighted by molar-refractivity contribution is 0.00651. The first-order valence-corrected chi connectivity index (χ1v) is 17.7. The van der Waals surface area contributed by atoms with Crippen LogP contribution in [0.4, 0.5) is 0 Å². The van der Waals surface area contributed by atoms with Crippen LogP contribution in [-0.4, -0.2) is 113 Å². The van der Waals surface area contributed by atoms with Gasteiger partial charge in [-0.3, -0.25) is 0 Å². The summed E-state index contributed by atoms with van der Waals surface area (Å²) >= 11 is 0. The van der Waals surface area contributed by atoms with Crippen molar-refractivity contribution in [1.29, 1.82) is 0 Å². The second kappa shape index (κ2) is 16.0. The van der Waals surface area contributed by atoms with E-state index in [2.05, 4.69) is 13.1 Å². The molecule has 2 fully saturated rings. The number of ether oxygens (including phenoxy) is 4. The Kier molecular flexibility index (Phi) is 15.2. The van der Waals surface area contributed by atoms with Gasteiger partial charge in [0.1, 0.15) is 17.9 Å². The van der Waals surface area contributed by atoms with Crippen molar-refractivity contribution in [3.8, 4) is 0 Å². The lowest BCUT2D eigenvalue weighted by Gasteiger charge is -2.31. The molecule has 2 saturated heterocycles. The van der Waals surface area contributed by atoms with Crippen molar-refractivity contribution < 1.29 is 45.2 Å². The minimum absolute atomic E-state index is 0.123. The molecule has 0 amide bonds. The maximum atomic E-state index is 5.93. The molecule has 13 heteroatoms. The molecule has 0 aromatic carbocycles. The van der Waals surface area contributed by atoms with E-state index in [1.165, 1.54) is 0 Å². The lowest BCUT2D eigenvalue weighted by Crippen LogP contribution is -2.55. The van der Waals surface area contributed by atoms with Crippen LogP contribution in [0.3, 0.4) is 0 Å². The number of epoxide rings is 2. The molecule has 2 heterocycles. The van der Waals surface area contributed by atoms with Gasteiger partial charge in [-0.15, -0.1) is 0 Å². The molecule has 0 aromatic rings. The fraction of sp³-hybridized carbons (Fsp3) is 1.00. The standard InChI is InChI=1S/C10H24O5Si2.C9H20O5Si/c1-11-17(12-2,15-16(3)4)7-5-6-13-8-10-9-14-10;1-5-9(14-7-8-6-13-8)15(10-2,11-3)12-4/h10,16H,5-9H2,1-4H3;8-9H,5-7H2,1-4H3. The van der Waals surface area contributed by atoms with E-state index in [4.69, 9.17) is 45.2 Å². The number of hydrogen-bond acceptors (Lipinski definition) is 10. The third-order valence-electron chi connectivity index (χ3n) is 5.02. The third kappa shape index (κ3) is 11.1. The SMILES string of the molecule is CCC(OCC1CO1)[Si](OC)(OC)OC.CO[Si](CCCOCC1CO1)(OC)O[SiH](C)C. The van der Waals surface area contributed by atoms with Gasteiger partial charge in [-0.05, 0) is 25.9 Å². The Labute approximate surface area is 197 Å². The molecular formula is C19H44O10Si3. The van der Waals surface area contributed by atoms with Crippen LogP contribution in [0.1, 0.15) is 19.8 Å². The van der Waals surface area contributed by atoms with E-state index in [9.17, 15) is 0 Å². The largest absolute Gasteiger partial charge is 0.530 e. The predicted molar refractivity (Wildman–Crippen MR) is 126 cm³/mol. The monoisotopic (exact) mass is 516 g/mol. The van der Waals surface area contributed by atoms with Crippen molar-refractivity contribution in [3.63, 3.8) is 0 Å². The molecule has 0 radical (unpaired) electrons. The van der Waals surface area contributed by atoms with E-state index in [-0.39, 0.29) is 11.8 Å². The summed E-state index contributed by atoms with van der Waals surface area (Å²) < 4.78 is 54.4. The first-order chi connectivity index (χ1) is 15.3. The summed E-state index contributed by atoms with van der Waals surface area (Å²) in [6.07, 6.45) is 2.29. The molecular weight excluding hydrogens is 472 g/mol. The van der Waals surface area contributed by atoms with Crippen molar-refractivity contribution in [3.05, 3.63) is 0 Å². The van der Waals surface area contributed by atoms with Gasteiger partial charge in [-0.2, -0.15) is 0 Å². The zero-order valence-corrected chi connectivity index (χ0v) is 24.2. The highest BCUT2D eigenvalue weighted by atomic mass is 28.4. The highest BCUT2D eigenvalue weighted by Gasteiger charge is 2.48. The van der Waals surface area contributed by atoms with Crippen LogP contribution in [0.25, 0.3) is 0 Å². The Balaban J connectivity index is 0.000000323. The van der Waals surface area contributed by atoms with Crippen LogP contribution in [0.5, 0.6) is 0 Å². The van der Waals surface area contributed by atoms with E-state index < -0.39 is 26.6 Å². The van der Waals surface area contributed by atoms with Crippen LogP contribution < -0.4 is 0 Å². The van der Waals surface area contributed by atoms with E-state index >= 15 is 0 Å². The van der Waals surface area contributed by atoms with E-state index in [0.717, 1.165) is 32.1 Å². The minimum Gasteiger partial charge on any atom is -0.419 e. The Morgan fingerprint density at radius 2 is 1.41 bits per heavy atom. The molecule has 0 aromatic heterocycles. The quantitative estimate of drug-likeness (QED) is 0.152. The second-order valence-corrected chi connectivity index (χ2v) is 16.6. The molecule has 0 saturated carbocycles. The van der Waals surface area contributed by atoms with Gasteiger partial charge in [0, 0.05) is 48.2 Å². The third-order valence-corrected chi connectivity index (χ3v) is 13.6. The number of hydrogen-bond donors (Lipinski definition) is 0. The van der Waals surface area contributed by atoms with Gasteiger partial charge in [0.25, 0.3) is 0 Å². The zero-order valence-electron chi connectivity index (χ0n) is 21.0. The molecule has 3 atom stereocenters. The summed E-state index contributed by atoms with van der Waals surface area (Å²) in [5.74, 6) is 0. The minimum atomic E-state index is -2.66. The molecule has 192 valence electrons. The topological polar surface area (TPSA) is 98.9 Å². The van der Waals surface area contributed by atoms with Gasteiger partial charge < -0.3 is 45.2 Å². The van der Waals surface area contributed by atoms with Crippen LogP contribution >= 0.6 is 0 Å². The zero-order chi connectivity index (χ0) is 24.0. The molecule has 2 rings (SSSR count). The highest BCUT2D eigenvalue weighted by Crippen LogP contribution is 2.20. The fourth-order valence-corrected chi connectivity index (χ4v) is 10.4. The average molecular weight is 517 g/mol. The Morgan fingerprint density at radius 1 is 0.875 bits per heavy atom. The lowest BCUT2D eigenvalue weighted by atomic mass is 10.5. The molecule has 3 unspecified atom stereocenters. The van der Waals surface area contributed by atoms with E-state index in [1.54, 1.807) is 35.5 Å². The van der Waals surface area contributed by atoms with Crippen LogP contribution in [0.15, 0.2) is 0 Å². The molecule has 2 aliphatic rings. The van der Waals surface area contributed by atoms with Crippen molar-refractivity contribution in [2.75, 3.05) is 68.6 Å². The normalized spacial score (nSPS) is 21.3. The second-order valence-electron chi connectivity index (χ2n) is 7.79. The summed E-state index contributed by atoms with van der Waals surface area (Å²) in [7, 11) is 1.91. The van der Waals surface area contributed by atoms with Crippen molar-refractivity contribution in [1.82, 2.24) is 0 Å². The van der Waals surface area contributed by atoms with E-state index in [1.807, 2.05) is 6.92 Å². The molecule has 0 N–H and O–H groups in total. The van der Waals surface area contributed by atoms with Crippen molar-refractivity contribution >= 4 is 26.6 Å². The molecule has 0 aliphatic carbocycles. The average Bonchev–Trinajstić information content (AvgIpc) is 3.71. The fourth-order valence-electron chi connectivity index (χ4n) is 3.07. The van der Waals surface area contributed by atoms with Crippen molar-refractivity contribution in [2.45, 2.75) is 56.8 Å². The predicted octanol–water partition coefficient (Wildman–Crippen LogP) is 1.62. The Bertz CT molecular complexity index is 464. The summed E-state index contributed by atoms with van der Waals surface area (Å²) in [6.45, 7) is 9.91. The summed E-state index contributed by atoms with van der Waals surface area (Å²) in [4.78, 5) is 0. The molecule has 0 spiro atoms. The van der Waals surface area contributed by atoms with Crippen LogP contribution in [-0.2, 0) is 45.2 Å². The molecule has 2 aliphatic heterocycles. The Hall–Kier alpha value is 0.251. The molecule has 32 heavy (non-hydrogen) atoms. The van der Waals surface area contributed by atoms with Gasteiger partial charge in [-0.1, -0.05) is 6.92 Å². The van der Waals surface area contributed by atoms with Gasteiger partial charge in [-0.25, -0.2) is 0 Å². The first-order valence-electron chi connectivity index (χ1n) is 11.2. The molecule has 0 bridgehead atoms. The van der Waals surface area contributed by atoms with E-state index in [0.29, 0.717) is 25.9 Å².